The van der Waals surface area contributed by atoms with Gasteiger partial charge in [0, 0.05) is 37.8 Å². The van der Waals surface area contributed by atoms with Gasteiger partial charge in [0.15, 0.2) is 0 Å². The van der Waals surface area contributed by atoms with Crippen LogP contribution in [0.15, 0.2) is 6.07 Å². The highest BCUT2D eigenvalue weighted by atomic mass is 15.3. The molecule has 1 aliphatic heterocycles. The van der Waals surface area contributed by atoms with Crippen molar-refractivity contribution in [2.75, 3.05) is 13.1 Å². The summed E-state index contributed by atoms with van der Waals surface area (Å²) in [5.74, 6) is 0.923. The monoisotopic (exact) mass is 276 g/mol. The van der Waals surface area contributed by atoms with E-state index in [9.17, 15) is 0 Å². The summed E-state index contributed by atoms with van der Waals surface area (Å²) in [6.45, 7) is 13.2. The third-order valence-electron chi connectivity index (χ3n) is 4.90. The molecule has 112 valence electrons. The highest BCUT2D eigenvalue weighted by Gasteiger charge is 2.40. The molecule has 1 unspecified atom stereocenters. The Labute approximate surface area is 122 Å². The number of aryl methyl sites for hydroxylation is 2. The normalized spacial score (nSPS) is 26.9. The van der Waals surface area contributed by atoms with E-state index >= 15 is 0 Å². The highest BCUT2D eigenvalue weighted by Crippen LogP contribution is 2.36. The summed E-state index contributed by atoms with van der Waals surface area (Å²) in [5.41, 5.74) is 2.71. The highest BCUT2D eigenvalue weighted by molar-refractivity contribution is 5.10. The SMILES string of the molecule is CCn1nc(C)cc1CN1CC(C2CC2)NCC1(C)C. The number of nitrogens with one attached hydrogen (secondary N) is 1. The second kappa shape index (κ2) is 5.15. The maximum Gasteiger partial charge on any atom is 0.0597 e. The van der Waals surface area contributed by atoms with Gasteiger partial charge in [-0.1, -0.05) is 0 Å². The molecule has 1 aliphatic carbocycles. The van der Waals surface area contributed by atoms with Crippen LogP contribution in [0.3, 0.4) is 0 Å². The fraction of sp³-hybridized carbons (Fsp3) is 0.812. The number of aromatic nitrogens is 2. The Hall–Kier alpha value is -0.870. The van der Waals surface area contributed by atoms with Crippen LogP contribution in [0.1, 0.15) is 45.0 Å². The molecule has 3 rings (SSSR count). The van der Waals surface area contributed by atoms with Gasteiger partial charge >= 0.3 is 0 Å². The van der Waals surface area contributed by atoms with Crippen LogP contribution in [0.5, 0.6) is 0 Å². The standard InChI is InChI=1S/C16H28N4/c1-5-20-14(8-12(2)18-20)9-19-10-15(13-6-7-13)17-11-16(19,3)4/h8,13,15,17H,5-7,9-11H2,1-4H3. The van der Waals surface area contributed by atoms with E-state index in [1.807, 2.05) is 0 Å². The summed E-state index contributed by atoms with van der Waals surface area (Å²) < 4.78 is 2.15. The summed E-state index contributed by atoms with van der Waals surface area (Å²) in [4.78, 5) is 2.65. The van der Waals surface area contributed by atoms with Crippen LogP contribution in [-0.4, -0.2) is 39.4 Å². The molecule has 1 aromatic rings. The Morgan fingerprint density at radius 1 is 1.40 bits per heavy atom. The number of piperazine rings is 1. The zero-order valence-corrected chi connectivity index (χ0v) is 13.3. The smallest absolute Gasteiger partial charge is 0.0597 e. The molecule has 4 nitrogen and oxygen atoms in total. The van der Waals surface area contributed by atoms with Gasteiger partial charge in [-0.15, -0.1) is 0 Å². The van der Waals surface area contributed by atoms with Crippen molar-refractivity contribution >= 4 is 0 Å². The lowest BCUT2D eigenvalue weighted by Crippen LogP contribution is -2.62. The lowest BCUT2D eigenvalue weighted by molar-refractivity contribution is 0.0510. The van der Waals surface area contributed by atoms with Gasteiger partial charge in [-0.25, -0.2) is 0 Å². The Kier molecular flexibility index (Phi) is 3.63. The molecule has 0 radical (unpaired) electrons. The first-order chi connectivity index (χ1) is 9.49. The molecule has 20 heavy (non-hydrogen) atoms. The van der Waals surface area contributed by atoms with Crippen molar-refractivity contribution in [2.24, 2.45) is 5.92 Å². The zero-order valence-electron chi connectivity index (χ0n) is 13.3. The van der Waals surface area contributed by atoms with Crippen LogP contribution in [0.4, 0.5) is 0 Å². The van der Waals surface area contributed by atoms with Crippen molar-refractivity contribution in [1.82, 2.24) is 20.0 Å². The fourth-order valence-corrected chi connectivity index (χ4v) is 3.33. The predicted octanol–water partition coefficient (Wildman–Crippen LogP) is 2.17. The number of hydrogen-bond donors (Lipinski definition) is 1. The van der Waals surface area contributed by atoms with E-state index in [1.165, 1.54) is 25.1 Å². The third-order valence-corrected chi connectivity index (χ3v) is 4.90. The minimum atomic E-state index is 0.224. The molecular weight excluding hydrogens is 248 g/mol. The average Bonchev–Trinajstić information content (AvgIpc) is 3.16. The third kappa shape index (κ3) is 2.77. The van der Waals surface area contributed by atoms with Gasteiger partial charge in [-0.2, -0.15) is 5.10 Å². The maximum atomic E-state index is 4.58. The topological polar surface area (TPSA) is 33.1 Å². The summed E-state index contributed by atoms with van der Waals surface area (Å²) >= 11 is 0. The summed E-state index contributed by atoms with van der Waals surface area (Å²) in [6.07, 6.45) is 2.83. The van der Waals surface area contributed by atoms with Crippen molar-refractivity contribution in [3.05, 3.63) is 17.5 Å². The van der Waals surface area contributed by atoms with Crippen LogP contribution in [0.25, 0.3) is 0 Å². The Morgan fingerprint density at radius 3 is 2.80 bits per heavy atom. The van der Waals surface area contributed by atoms with Crippen LogP contribution in [0, 0.1) is 12.8 Å². The minimum Gasteiger partial charge on any atom is -0.311 e. The van der Waals surface area contributed by atoms with Crippen LogP contribution < -0.4 is 5.32 Å². The number of hydrogen-bond acceptors (Lipinski definition) is 3. The van der Waals surface area contributed by atoms with Crippen molar-refractivity contribution in [2.45, 2.75) is 65.2 Å². The van der Waals surface area contributed by atoms with Gasteiger partial charge < -0.3 is 5.32 Å². The molecule has 2 aliphatic rings. The van der Waals surface area contributed by atoms with E-state index in [1.54, 1.807) is 0 Å². The molecule has 0 bridgehead atoms. The molecule has 0 spiro atoms. The molecule has 4 heteroatoms. The van der Waals surface area contributed by atoms with E-state index in [0.29, 0.717) is 6.04 Å². The average molecular weight is 276 g/mol. The van der Waals surface area contributed by atoms with Crippen LogP contribution >= 0.6 is 0 Å². The maximum absolute atomic E-state index is 4.58. The van der Waals surface area contributed by atoms with Crippen molar-refractivity contribution in [1.29, 1.82) is 0 Å². The number of nitrogens with zero attached hydrogens (tertiary/aromatic N) is 3. The Balaban J connectivity index is 1.75. The van der Waals surface area contributed by atoms with E-state index in [4.69, 9.17) is 0 Å². The lowest BCUT2D eigenvalue weighted by atomic mass is 9.95. The van der Waals surface area contributed by atoms with Crippen LogP contribution in [-0.2, 0) is 13.1 Å². The van der Waals surface area contributed by atoms with Gasteiger partial charge in [0.05, 0.1) is 11.4 Å². The molecule has 0 amide bonds. The first-order valence-electron chi connectivity index (χ1n) is 8.01. The minimum absolute atomic E-state index is 0.224. The van der Waals surface area contributed by atoms with E-state index in [-0.39, 0.29) is 5.54 Å². The molecule has 1 saturated heterocycles. The molecule has 1 atom stereocenters. The summed E-state index contributed by atoms with van der Waals surface area (Å²) in [7, 11) is 0. The molecule has 1 saturated carbocycles. The largest absolute Gasteiger partial charge is 0.311 e. The molecule has 1 aromatic heterocycles. The van der Waals surface area contributed by atoms with E-state index < -0.39 is 0 Å². The molecule has 2 fully saturated rings. The Bertz CT molecular complexity index is 473. The molecule has 0 aromatic carbocycles. The first kappa shape index (κ1) is 14.1. The Morgan fingerprint density at radius 2 is 2.15 bits per heavy atom. The van der Waals surface area contributed by atoms with E-state index in [2.05, 4.69) is 53.8 Å². The summed E-state index contributed by atoms with van der Waals surface area (Å²) in [6, 6.07) is 2.94. The van der Waals surface area contributed by atoms with Gasteiger partial charge in [0.2, 0.25) is 0 Å². The van der Waals surface area contributed by atoms with Gasteiger partial charge in [0.25, 0.3) is 0 Å². The zero-order chi connectivity index (χ0) is 14.3. The second-order valence-electron chi connectivity index (χ2n) is 7.11. The molecule has 2 heterocycles. The fourth-order valence-electron chi connectivity index (χ4n) is 3.33. The quantitative estimate of drug-likeness (QED) is 0.915. The van der Waals surface area contributed by atoms with Gasteiger partial charge in [0.1, 0.15) is 0 Å². The summed E-state index contributed by atoms with van der Waals surface area (Å²) in [5, 5.41) is 8.34. The molecular formula is C16H28N4. The number of rotatable bonds is 4. The van der Waals surface area contributed by atoms with Crippen molar-refractivity contribution in [3.8, 4) is 0 Å². The van der Waals surface area contributed by atoms with Crippen molar-refractivity contribution < 1.29 is 0 Å². The van der Waals surface area contributed by atoms with E-state index in [0.717, 1.165) is 31.2 Å². The van der Waals surface area contributed by atoms with Gasteiger partial charge in [-0.05, 0) is 52.5 Å². The second-order valence-corrected chi connectivity index (χ2v) is 7.11. The predicted molar refractivity (Wildman–Crippen MR) is 81.6 cm³/mol. The lowest BCUT2D eigenvalue weighted by Gasteiger charge is -2.46. The first-order valence-corrected chi connectivity index (χ1v) is 8.01. The molecule has 1 N–H and O–H groups in total. The van der Waals surface area contributed by atoms with Crippen LogP contribution in [0.2, 0.25) is 0 Å². The van der Waals surface area contributed by atoms with Crippen molar-refractivity contribution in [3.63, 3.8) is 0 Å². The van der Waals surface area contributed by atoms with Gasteiger partial charge in [-0.3, -0.25) is 9.58 Å².